The second-order valence-electron chi connectivity index (χ2n) is 4.37. The molecule has 0 aromatic carbocycles. The number of anilines is 2. The van der Waals surface area contributed by atoms with Crippen LogP contribution < -0.4 is 15.0 Å². The molecule has 0 aliphatic rings. The maximum absolute atomic E-state index is 5.40. The number of methoxy groups -OCH3 is 1. The predicted octanol–water partition coefficient (Wildman–Crippen LogP) is 1.56. The molecule has 0 amide bonds. The highest BCUT2D eigenvalue weighted by molar-refractivity contribution is 5.39. The van der Waals surface area contributed by atoms with Crippen molar-refractivity contribution in [2.75, 3.05) is 44.1 Å². The van der Waals surface area contributed by atoms with Gasteiger partial charge in [0.2, 0.25) is 11.9 Å². The lowest BCUT2D eigenvalue weighted by Crippen LogP contribution is -2.37. The molecule has 1 heterocycles. The molecule has 0 radical (unpaired) electrons. The van der Waals surface area contributed by atoms with Gasteiger partial charge in [-0.2, -0.15) is 15.0 Å². The lowest BCUT2D eigenvalue weighted by Gasteiger charge is -2.28. The van der Waals surface area contributed by atoms with Crippen molar-refractivity contribution in [3.05, 3.63) is 0 Å². The second kappa shape index (κ2) is 8.52. The molecule has 1 atom stereocenters. The van der Waals surface area contributed by atoms with E-state index in [9.17, 15) is 0 Å². The minimum Gasteiger partial charge on any atom is -0.464 e. The summed E-state index contributed by atoms with van der Waals surface area (Å²) in [4.78, 5) is 15.1. The fourth-order valence-corrected chi connectivity index (χ4v) is 1.71. The van der Waals surface area contributed by atoms with Crippen LogP contribution >= 0.6 is 0 Å². The molecule has 0 aliphatic heterocycles. The van der Waals surface area contributed by atoms with Gasteiger partial charge in [-0.1, -0.05) is 6.92 Å². The third-order valence-electron chi connectivity index (χ3n) is 3.02. The van der Waals surface area contributed by atoms with Gasteiger partial charge >= 0.3 is 6.01 Å². The van der Waals surface area contributed by atoms with Crippen molar-refractivity contribution in [1.29, 1.82) is 0 Å². The van der Waals surface area contributed by atoms with E-state index in [1.165, 1.54) is 0 Å². The van der Waals surface area contributed by atoms with Gasteiger partial charge in [-0.25, -0.2) is 0 Å². The second-order valence-corrected chi connectivity index (χ2v) is 4.37. The molecule has 0 spiro atoms. The summed E-state index contributed by atoms with van der Waals surface area (Å²) >= 11 is 0. The van der Waals surface area contributed by atoms with Gasteiger partial charge in [0, 0.05) is 26.7 Å². The molecule has 1 aromatic rings. The zero-order valence-corrected chi connectivity index (χ0v) is 13.0. The Labute approximate surface area is 120 Å². The highest BCUT2D eigenvalue weighted by Gasteiger charge is 2.18. The molecule has 7 nitrogen and oxygen atoms in total. The van der Waals surface area contributed by atoms with E-state index in [1.807, 2.05) is 6.92 Å². The van der Waals surface area contributed by atoms with Crippen LogP contribution in [-0.2, 0) is 4.74 Å². The van der Waals surface area contributed by atoms with Crippen molar-refractivity contribution in [2.45, 2.75) is 33.2 Å². The fourth-order valence-electron chi connectivity index (χ4n) is 1.71. The Morgan fingerprint density at radius 2 is 2.00 bits per heavy atom. The maximum Gasteiger partial charge on any atom is 0.323 e. The molecule has 0 saturated heterocycles. The zero-order chi connectivity index (χ0) is 15.0. The van der Waals surface area contributed by atoms with Crippen LogP contribution in [0.2, 0.25) is 0 Å². The third-order valence-corrected chi connectivity index (χ3v) is 3.02. The van der Waals surface area contributed by atoms with Gasteiger partial charge in [0.1, 0.15) is 0 Å². The summed E-state index contributed by atoms with van der Waals surface area (Å²) in [6.45, 7) is 8.04. The number of aromatic nitrogens is 3. The van der Waals surface area contributed by atoms with E-state index in [2.05, 4.69) is 39.0 Å². The molecular formula is C13H25N5O2. The van der Waals surface area contributed by atoms with E-state index in [-0.39, 0.29) is 0 Å². The van der Waals surface area contributed by atoms with Crippen LogP contribution in [-0.4, -0.2) is 54.9 Å². The van der Waals surface area contributed by atoms with Crippen molar-refractivity contribution in [1.82, 2.24) is 15.0 Å². The number of nitrogens with one attached hydrogen (secondary N) is 1. The van der Waals surface area contributed by atoms with Crippen molar-refractivity contribution in [3.63, 3.8) is 0 Å². The normalized spacial score (nSPS) is 12.1. The molecule has 1 N–H and O–H groups in total. The van der Waals surface area contributed by atoms with Crippen LogP contribution in [0.15, 0.2) is 0 Å². The summed E-state index contributed by atoms with van der Waals surface area (Å²) in [5.41, 5.74) is 0. The fraction of sp³-hybridized carbons (Fsp3) is 0.769. The number of rotatable bonds is 9. The standard InChI is InChI=1S/C13H25N5O2/c1-6-10(3)18(8-9-19-5)12-15-11(14-4)16-13(17-12)20-7-2/h10H,6-9H2,1-5H3,(H,14,15,16,17). The van der Waals surface area contributed by atoms with E-state index in [4.69, 9.17) is 9.47 Å². The van der Waals surface area contributed by atoms with E-state index >= 15 is 0 Å². The summed E-state index contributed by atoms with van der Waals surface area (Å²) in [6.07, 6.45) is 0.994. The first-order valence-corrected chi connectivity index (χ1v) is 6.98. The van der Waals surface area contributed by atoms with Gasteiger partial charge in [-0.05, 0) is 20.3 Å². The van der Waals surface area contributed by atoms with Crippen molar-refractivity contribution < 1.29 is 9.47 Å². The Morgan fingerprint density at radius 3 is 2.55 bits per heavy atom. The van der Waals surface area contributed by atoms with Crippen LogP contribution in [0.25, 0.3) is 0 Å². The highest BCUT2D eigenvalue weighted by Crippen LogP contribution is 2.18. The topological polar surface area (TPSA) is 72.4 Å². The Balaban J connectivity index is 3.06. The Bertz CT molecular complexity index is 402. The maximum atomic E-state index is 5.40. The van der Waals surface area contributed by atoms with Crippen molar-refractivity contribution in [3.8, 4) is 6.01 Å². The molecule has 0 aliphatic carbocycles. The molecule has 1 rings (SSSR count). The third kappa shape index (κ3) is 4.48. The molecule has 0 fully saturated rings. The van der Waals surface area contributed by atoms with Crippen molar-refractivity contribution in [2.24, 2.45) is 0 Å². The Kier molecular flexibility index (Phi) is 7.00. The smallest absolute Gasteiger partial charge is 0.323 e. The number of hydrogen-bond donors (Lipinski definition) is 1. The quantitative estimate of drug-likeness (QED) is 0.737. The first-order chi connectivity index (χ1) is 9.65. The summed E-state index contributed by atoms with van der Waals surface area (Å²) < 4.78 is 10.6. The molecule has 7 heteroatoms. The monoisotopic (exact) mass is 283 g/mol. The Morgan fingerprint density at radius 1 is 1.25 bits per heavy atom. The molecular weight excluding hydrogens is 258 g/mol. The summed E-state index contributed by atoms with van der Waals surface area (Å²) in [5, 5.41) is 2.93. The average molecular weight is 283 g/mol. The van der Waals surface area contributed by atoms with Gasteiger partial charge in [-0.3, -0.25) is 0 Å². The largest absolute Gasteiger partial charge is 0.464 e. The van der Waals surface area contributed by atoms with Crippen LogP contribution in [0.4, 0.5) is 11.9 Å². The lowest BCUT2D eigenvalue weighted by molar-refractivity contribution is 0.202. The van der Waals surface area contributed by atoms with Crippen LogP contribution in [0.5, 0.6) is 6.01 Å². The number of ether oxygens (including phenoxy) is 2. The van der Waals surface area contributed by atoms with Gasteiger partial charge in [0.25, 0.3) is 0 Å². The van der Waals surface area contributed by atoms with Crippen LogP contribution in [0.1, 0.15) is 27.2 Å². The molecule has 114 valence electrons. The summed E-state index contributed by atoms with van der Waals surface area (Å²) in [5.74, 6) is 1.11. The van der Waals surface area contributed by atoms with Gasteiger partial charge in [0.05, 0.1) is 13.2 Å². The van der Waals surface area contributed by atoms with E-state index in [1.54, 1.807) is 14.2 Å². The molecule has 1 unspecified atom stereocenters. The van der Waals surface area contributed by atoms with Gasteiger partial charge in [0.15, 0.2) is 0 Å². The average Bonchev–Trinajstić information content (AvgIpc) is 2.47. The number of nitrogens with zero attached hydrogens (tertiary/aromatic N) is 4. The van der Waals surface area contributed by atoms with E-state index in [0.717, 1.165) is 13.0 Å². The summed E-state index contributed by atoms with van der Waals surface area (Å²) in [7, 11) is 3.46. The first-order valence-electron chi connectivity index (χ1n) is 6.98. The van der Waals surface area contributed by atoms with E-state index in [0.29, 0.717) is 37.2 Å². The molecule has 1 aromatic heterocycles. The predicted molar refractivity (Wildman–Crippen MR) is 79.5 cm³/mol. The van der Waals surface area contributed by atoms with Crippen molar-refractivity contribution >= 4 is 11.9 Å². The highest BCUT2D eigenvalue weighted by atomic mass is 16.5. The van der Waals surface area contributed by atoms with Gasteiger partial charge in [-0.15, -0.1) is 0 Å². The molecule has 0 bridgehead atoms. The van der Waals surface area contributed by atoms with Gasteiger partial charge < -0.3 is 19.7 Å². The molecule has 0 saturated carbocycles. The van der Waals surface area contributed by atoms with E-state index < -0.39 is 0 Å². The first kappa shape index (κ1) is 16.4. The van der Waals surface area contributed by atoms with Crippen LogP contribution in [0, 0.1) is 0 Å². The minimum absolute atomic E-state index is 0.312. The number of hydrogen-bond acceptors (Lipinski definition) is 7. The molecule has 20 heavy (non-hydrogen) atoms. The van der Waals surface area contributed by atoms with Crippen LogP contribution in [0.3, 0.4) is 0 Å². The SMILES string of the molecule is CCOc1nc(NC)nc(N(CCOC)C(C)CC)n1. The lowest BCUT2D eigenvalue weighted by atomic mass is 10.2. The zero-order valence-electron chi connectivity index (χ0n) is 13.0. The Hall–Kier alpha value is -1.63. The minimum atomic E-state index is 0.312. The summed E-state index contributed by atoms with van der Waals surface area (Å²) in [6, 6.07) is 0.652.